The van der Waals surface area contributed by atoms with Crippen LogP contribution >= 0.6 is 0 Å². The summed E-state index contributed by atoms with van der Waals surface area (Å²) in [4.78, 5) is 33.7. The Balaban J connectivity index is 1.78. The van der Waals surface area contributed by atoms with E-state index in [0.29, 0.717) is 29.2 Å². The van der Waals surface area contributed by atoms with Crippen LogP contribution in [0, 0.1) is 0 Å². The van der Waals surface area contributed by atoms with E-state index in [4.69, 9.17) is 0 Å². The molecule has 3 rings (SSSR count). The van der Waals surface area contributed by atoms with Crippen LogP contribution < -0.4 is 10.9 Å². The van der Waals surface area contributed by atoms with Crippen LogP contribution in [-0.2, 0) is 6.54 Å². The molecule has 0 unspecified atom stereocenters. The number of para-hydroxylation sites is 1. The lowest BCUT2D eigenvalue weighted by atomic mass is 10.0. The van der Waals surface area contributed by atoms with Crippen LogP contribution in [0.3, 0.4) is 0 Å². The first-order valence-corrected chi connectivity index (χ1v) is 9.11. The molecular weight excluding hydrogens is 340 g/mol. The van der Waals surface area contributed by atoms with E-state index >= 15 is 0 Å². The van der Waals surface area contributed by atoms with Crippen molar-refractivity contribution in [3.05, 3.63) is 70.3 Å². The minimum atomic E-state index is -0.228. The number of urea groups is 1. The average Bonchev–Trinajstić information content (AvgIpc) is 2.66. The van der Waals surface area contributed by atoms with Gasteiger partial charge in [0.1, 0.15) is 5.82 Å². The Morgan fingerprint density at radius 2 is 1.96 bits per heavy atom. The van der Waals surface area contributed by atoms with Crippen molar-refractivity contribution in [3.63, 3.8) is 0 Å². The van der Waals surface area contributed by atoms with Gasteiger partial charge in [0.05, 0.1) is 17.4 Å². The number of hydrogen-bond donors (Lipinski definition) is 2. The minimum absolute atomic E-state index is 0.198. The Morgan fingerprint density at radius 3 is 2.70 bits per heavy atom. The molecule has 2 aromatic carbocycles. The lowest BCUT2D eigenvalue weighted by Crippen LogP contribution is -2.35. The zero-order chi connectivity index (χ0) is 19.4. The van der Waals surface area contributed by atoms with Crippen LogP contribution in [0.2, 0.25) is 0 Å². The number of amides is 2. The number of carbonyl (C=O) groups is 1. The molecule has 0 saturated carbocycles. The third-order valence-electron chi connectivity index (χ3n) is 4.48. The van der Waals surface area contributed by atoms with Crippen molar-refractivity contribution in [2.24, 2.45) is 0 Å². The zero-order valence-electron chi connectivity index (χ0n) is 15.8. The van der Waals surface area contributed by atoms with Crippen LogP contribution in [0.25, 0.3) is 10.9 Å². The predicted octanol–water partition coefficient (Wildman–Crippen LogP) is 4.10. The molecule has 0 spiro atoms. The Morgan fingerprint density at radius 1 is 1.19 bits per heavy atom. The van der Waals surface area contributed by atoms with E-state index in [2.05, 4.69) is 29.1 Å². The number of nitrogens with zero attached hydrogens (tertiary/aromatic N) is 2. The smallest absolute Gasteiger partial charge is 0.317 e. The fourth-order valence-electron chi connectivity index (χ4n) is 2.90. The van der Waals surface area contributed by atoms with Gasteiger partial charge < -0.3 is 15.2 Å². The third kappa shape index (κ3) is 4.34. The van der Waals surface area contributed by atoms with Gasteiger partial charge >= 0.3 is 6.03 Å². The summed E-state index contributed by atoms with van der Waals surface area (Å²) in [6.07, 6.45) is 0. The van der Waals surface area contributed by atoms with Crippen LogP contribution in [0.1, 0.15) is 38.1 Å². The van der Waals surface area contributed by atoms with Crippen molar-refractivity contribution in [2.45, 2.75) is 33.2 Å². The molecular formula is C21H24N4O2. The maximum atomic E-state index is 12.7. The van der Waals surface area contributed by atoms with Crippen LogP contribution in [-0.4, -0.2) is 27.4 Å². The Bertz CT molecular complexity index is 1010. The van der Waals surface area contributed by atoms with Gasteiger partial charge in [-0.05, 0) is 42.7 Å². The van der Waals surface area contributed by atoms with Gasteiger partial charge in [-0.3, -0.25) is 4.79 Å². The molecule has 27 heavy (non-hydrogen) atoms. The largest absolute Gasteiger partial charge is 0.322 e. The SMILES string of the molecule is CCN(Cc1nc2ccccc2c(=O)[nH]1)C(=O)Nc1cccc(C(C)C)c1. The molecule has 2 amide bonds. The number of fused-ring (bicyclic) bond motifs is 1. The van der Waals surface area contributed by atoms with Crippen molar-refractivity contribution in [1.82, 2.24) is 14.9 Å². The van der Waals surface area contributed by atoms with E-state index in [-0.39, 0.29) is 18.1 Å². The summed E-state index contributed by atoms with van der Waals surface area (Å²) in [6.45, 7) is 6.84. The molecule has 2 N–H and O–H groups in total. The molecule has 0 aliphatic rings. The van der Waals surface area contributed by atoms with Crippen molar-refractivity contribution >= 4 is 22.6 Å². The number of hydrogen-bond acceptors (Lipinski definition) is 3. The van der Waals surface area contributed by atoms with Crippen molar-refractivity contribution < 1.29 is 4.79 Å². The van der Waals surface area contributed by atoms with Gasteiger partial charge in [0.25, 0.3) is 5.56 Å². The van der Waals surface area contributed by atoms with Gasteiger partial charge in [-0.15, -0.1) is 0 Å². The number of anilines is 1. The highest BCUT2D eigenvalue weighted by Gasteiger charge is 2.15. The Kier molecular flexibility index (Phi) is 5.54. The second-order valence-electron chi connectivity index (χ2n) is 6.75. The summed E-state index contributed by atoms with van der Waals surface area (Å²) >= 11 is 0. The van der Waals surface area contributed by atoms with Crippen molar-refractivity contribution in [3.8, 4) is 0 Å². The highest BCUT2D eigenvalue weighted by Crippen LogP contribution is 2.19. The number of aromatic nitrogens is 2. The molecule has 0 aliphatic carbocycles. The van der Waals surface area contributed by atoms with Gasteiger partial charge in [0.2, 0.25) is 0 Å². The lowest BCUT2D eigenvalue weighted by Gasteiger charge is -2.21. The second kappa shape index (κ2) is 8.03. The summed E-state index contributed by atoms with van der Waals surface area (Å²) in [5.74, 6) is 0.850. The Hall–Kier alpha value is -3.15. The van der Waals surface area contributed by atoms with E-state index in [1.165, 1.54) is 0 Å². The van der Waals surface area contributed by atoms with Gasteiger partial charge in [-0.25, -0.2) is 9.78 Å². The van der Waals surface area contributed by atoms with E-state index in [1.54, 1.807) is 23.1 Å². The quantitative estimate of drug-likeness (QED) is 0.715. The third-order valence-corrected chi connectivity index (χ3v) is 4.48. The molecule has 140 valence electrons. The topological polar surface area (TPSA) is 78.1 Å². The maximum absolute atomic E-state index is 12.7. The monoisotopic (exact) mass is 364 g/mol. The highest BCUT2D eigenvalue weighted by molar-refractivity contribution is 5.89. The van der Waals surface area contributed by atoms with Gasteiger partial charge in [0.15, 0.2) is 0 Å². The molecule has 0 atom stereocenters. The van der Waals surface area contributed by atoms with Gasteiger partial charge in [0, 0.05) is 12.2 Å². The number of nitrogens with one attached hydrogen (secondary N) is 2. The van der Waals surface area contributed by atoms with E-state index in [1.807, 2.05) is 37.3 Å². The lowest BCUT2D eigenvalue weighted by molar-refractivity contribution is 0.211. The summed E-state index contributed by atoms with van der Waals surface area (Å²) in [5, 5.41) is 3.47. The summed E-state index contributed by atoms with van der Waals surface area (Å²) in [7, 11) is 0. The zero-order valence-corrected chi connectivity index (χ0v) is 15.8. The standard InChI is InChI=1S/C21H24N4O2/c1-4-25(21(27)22-16-9-7-8-15(12-16)14(2)3)13-19-23-18-11-6-5-10-17(18)20(26)24-19/h5-12,14H,4,13H2,1-3H3,(H,22,27)(H,23,24,26). The first-order chi connectivity index (χ1) is 13.0. The van der Waals surface area contributed by atoms with Crippen molar-refractivity contribution in [2.75, 3.05) is 11.9 Å². The number of carbonyl (C=O) groups excluding carboxylic acids is 1. The molecule has 1 heterocycles. The fourth-order valence-corrected chi connectivity index (χ4v) is 2.90. The molecule has 1 aromatic heterocycles. The molecule has 0 bridgehead atoms. The number of benzene rings is 2. The number of rotatable bonds is 5. The molecule has 6 heteroatoms. The normalized spacial score (nSPS) is 11.0. The van der Waals surface area contributed by atoms with Crippen molar-refractivity contribution in [1.29, 1.82) is 0 Å². The highest BCUT2D eigenvalue weighted by atomic mass is 16.2. The molecule has 0 radical (unpaired) electrons. The van der Waals surface area contributed by atoms with Gasteiger partial charge in [-0.2, -0.15) is 0 Å². The first kappa shape index (κ1) is 18.6. The van der Waals surface area contributed by atoms with Gasteiger partial charge in [-0.1, -0.05) is 38.1 Å². The molecule has 3 aromatic rings. The first-order valence-electron chi connectivity index (χ1n) is 9.11. The van der Waals surface area contributed by atoms with Crippen LogP contribution in [0.4, 0.5) is 10.5 Å². The molecule has 0 saturated heterocycles. The van der Waals surface area contributed by atoms with E-state index < -0.39 is 0 Å². The van der Waals surface area contributed by atoms with Crippen LogP contribution in [0.5, 0.6) is 0 Å². The fraction of sp³-hybridized carbons (Fsp3) is 0.286. The number of H-pyrrole nitrogens is 1. The second-order valence-corrected chi connectivity index (χ2v) is 6.75. The minimum Gasteiger partial charge on any atom is -0.317 e. The molecule has 0 fully saturated rings. The summed E-state index contributed by atoms with van der Waals surface area (Å²) in [5.41, 5.74) is 2.34. The van der Waals surface area contributed by atoms with Crippen LogP contribution in [0.15, 0.2) is 53.3 Å². The molecule has 6 nitrogen and oxygen atoms in total. The average molecular weight is 364 g/mol. The predicted molar refractivity (Wildman–Crippen MR) is 108 cm³/mol. The summed E-state index contributed by atoms with van der Waals surface area (Å²) < 4.78 is 0. The maximum Gasteiger partial charge on any atom is 0.322 e. The number of aromatic amines is 1. The molecule has 0 aliphatic heterocycles. The van der Waals surface area contributed by atoms with E-state index in [0.717, 1.165) is 11.3 Å². The summed E-state index contributed by atoms with van der Waals surface area (Å²) in [6, 6.07) is 14.8. The Labute approximate surface area is 158 Å². The van der Waals surface area contributed by atoms with E-state index in [9.17, 15) is 9.59 Å².